The topological polar surface area (TPSA) is 95.9 Å². The predicted octanol–water partition coefficient (Wildman–Crippen LogP) is 20.1. The Kier molecular flexibility index (Phi) is 59.5. The molecule has 0 aliphatic rings. The largest absolute Gasteiger partial charge is 0.466 e. The molecule has 1 amide bonds. The van der Waals surface area contributed by atoms with Crippen molar-refractivity contribution in [1.29, 1.82) is 0 Å². The van der Waals surface area contributed by atoms with Gasteiger partial charge in [0.25, 0.3) is 0 Å². The summed E-state index contributed by atoms with van der Waals surface area (Å²) in [4.78, 5) is 24.5. The van der Waals surface area contributed by atoms with Crippen molar-refractivity contribution in [2.24, 2.45) is 0 Å². The zero-order valence-electron chi connectivity index (χ0n) is 48.2. The van der Waals surface area contributed by atoms with Crippen LogP contribution in [0.3, 0.4) is 0 Å². The van der Waals surface area contributed by atoms with E-state index in [1.807, 2.05) is 6.08 Å². The van der Waals surface area contributed by atoms with E-state index >= 15 is 0 Å². The van der Waals surface area contributed by atoms with Gasteiger partial charge >= 0.3 is 5.97 Å². The van der Waals surface area contributed by atoms with Gasteiger partial charge in [0.2, 0.25) is 5.91 Å². The Balaban J connectivity index is 3.44. The molecule has 0 fully saturated rings. The van der Waals surface area contributed by atoms with Crippen LogP contribution in [0.15, 0.2) is 48.6 Å². The number of nitrogens with one attached hydrogen (secondary N) is 1. The number of esters is 1. The molecule has 2 unspecified atom stereocenters. The summed E-state index contributed by atoms with van der Waals surface area (Å²) in [5.41, 5.74) is 0. The van der Waals surface area contributed by atoms with Crippen molar-refractivity contribution in [2.75, 3.05) is 13.2 Å². The average Bonchev–Trinajstić information content (AvgIpc) is 3.38. The summed E-state index contributed by atoms with van der Waals surface area (Å²) in [5, 5.41) is 23.2. The number of hydrogen-bond donors (Lipinski definition) is 3. The molecule has 2 atom stereocenters. The number of amides is 1. The zero-order chi connectivity index (χ0) is 52.2. The first-order valence-corrected chi connectivity index (χ1v) is 31.9. The Labute approximate surface area is 448 Å². The zero-order valence-corrected chi connectivity index (χ0v) is 48.2. The highest BCUT2D eigenvalue weighted by molar-refractivity contribution is 5.76. The van der Waals surface area contributed by atoms with Crippen molar-refractivity contribution >= 4 is 11.9 Å². The van der Waals surface area contributed by atoms with Gasteiger partial charge in [-0.1, -0.05) is 287 Å². The lowest BCUT2D eigenvalue weighted by molar-refractivity contribution is -0.143. The SMILES string of the molecule is CCC/C=C\C/C=C\CCCCCCCC(=O)OCCCCCCCCCCCCCC/C=C\CCCCCCCCCCC(=O)NC(CO)C(O)/C=C/CCCCCCCCCCCCCCCCCC. The summed E-state index contributed by atoms with van der Waals surface area (Å²) in [6.45, 7) is 4.85. The molecular weight excluding hydrogens is 887 g/mol. The number of hydrogen-bond acceptors (Lipinski definition) is 5. The van der Waals surface area contributed by atoms with Crippen molar-refractivity contribution in [1.82, 2.24) is 5.32 Å². The highest BCUT2D eigenvalue weighted by Gasteiger charge is 2.18. The molecule has 0 aromatic heterocycles. The van der Waals surface area contributed by atoms with Crippen molar-refractivity contribution in [3.63, 3.8) is 0 Å². The van der Waals surface area contributed by atoms with Crippen LogP contribution < -0.4 is 5.32 Å². The molecule has 422 valence electrons. The molecule has 0 rings (SSSR count). The molecular formula is C66H123NO5. The van der Waals surface area contributed by atoms with Crippen LogP contribution in [0, 0.1) is 0 Å². The van der Waals surface area contributed by atoms with Crippen LogP contribution >= 0.6 is 0 Å². The van der Waals surface area contributed by atoms with E-state index in [0.29, 0.717) is 19.4 Å². The number of rotatable bonds is 59. The van der Waals surface area contributed by atoms with Crippen molar-refractivity contribution in [3.05, 3.63) is 48.6 Å². The maximum atomic E-state index is 12.5. The van der Waals surface area contributed by atoms with Crippen LogP contribution in [0.5, 0.6) is 0 Å². The van der Waals surface area contributed by atoms with E-state index in [9.17, 15) is 19.8 Å². The summed E-state index contributed by atoms with van der Waals surface area (Å²) in [6.07, 6.45) is 78.7. The standard InChI is InChI=1S/C66H123NO5/c1-3-5-7-9-11-13-15-17-18-19-28-31-35-38-42-46-50-54-58-64(69)63(62-68)67-65(70)59-55-51-47-43-39-36-32-29-26-24-22-20-21-23-25-27-30-33-37-41-45-49-53-57-61-72-66(71)60-56-52-48-44-40-34-16-14-12-10-8-6-4-2/h8,10,14,16,22,24,54,58,63-64,68-69H,3-7,9,11-13,15,17-21,23,25-53,55-57,59-62H2,1-2H3,(H,67,70)/b10-8-,16-14-,24-22-,58-54+. The molecule has 6 heteroatoms. The minimum absolute atomic E-state index is 0.00356. The van der Waals surface area contributed by atoms with Crippen molar-refractivity contribution in [2.45, 2.75) is 347 Å². The highest BCUT2D eigenvalue weighted by Crippen LogP contribution is 2.17. The average molecular weight is 1010 g/mol. The van der Waals surface area contributed by atoms with Crippen LogP contribution in [0.1, 0.15) is 335 Å². The Morgan fingerprint density at radius 3 is 1.12 bits per heavy atom. The molecule has 72 heavy (non-hydrogen) atoms. The normalized spacial score (nSPS) is 12.9. The molecule has 3 N–H and O–H groups in total. The maximum absolute atomic E-state index is 12.5. The van der Waals surface area contributed by atoms with Gasteiger partial charge < -0.3 is 20.3 Å². The molecule has 0 bridgehead atoms. The summed E-state index contributed by atoms with van der Waals surface area (Å²) in [7, 11) is 0. The number of aliphatic hydroxyl groups excluding tert-OH is 2. The van der Waals surface area contributed by atoms with E-state index in [4.69, 9.17) is 4.74 Å². The summed E-state index contributed by atoms with van der Waals surface area (Å²) in [6, 6.07) is -0.632. The Bertz CT molecular complexity index is 1210. The Morgan fingerprint density at radius 1 is 0.389 bits per heavy atom. The van der Waals surface area contributed by atoms with E-state index in [1.54, 1.807) is 6.08 Å². The van der Waals surface area contributed by atoms with Gasteiger partial charge in [-0.25, -0.2) is 0 Å². The molecule has 0 aromatic carbocycles. The van der Waals surface area contributed by atoms with E-state index in [-0.39, 0.29) is 18.5 Å². The second kappa shape index (κ2) is 61.4. The molecule has 0 aromatic rings. The van der Waals surface area contributed by atoms with Crippen molar-refractivity contribution in [3.8, 4) is 0 Å². The third-order valence-corrected chi connectivity index (χ3v) is 14.5. The summed E-state index contributed by atoms with van der Waals surface area (Å²) >= 11 is 0. The van der Waals surface area contributed by atoms with Crippen LogP contribution in [0.4, 0.5) is 0 Å². The minimum Gasteiger partial charge on any atom is -0.466 e. The molecule has 0 radical (unpaired) electrons. The number of aliphatic hydroxyl groups is 2. The lowest BCUT2D eigenvalue weighted by Crippen LogP contribution is -2.45. The number of carbonyl (C=O) groups is 2. The van der Waals surface area contributed by atoms with Crippen molar-refractivity contribution < 1.29 is 24.5 Å². The molecule has 6 nitrogen and oxygen atoms in total. The fourth-order valence-corrected chi connectivity index (χ4v) is 9.67. The van der Waals surface area contributed by atoms with E-state index < -0.39 is 12.1 Å². The lowest BCUT2D eigenvalue weighted by Gasteiger charge is -2.20. The smallest absolute Gasteiger partial charge is 0.305 e. The van der Waals surface area contributed by atoms with Gasteiger partial charge in [-0.3, -0.25) is 9.59 Å². The van der Waals surface area contributed by atoms with Crippen LogP contribution in [-0.4, -0.2) is 47.4 Å². The first kappa shape index (κ1) is 69.8. The minimum atomic E-state index is -0.848. The lowest BCUT2D eigenvalue weighted by atomic mass is 10.0. The van der Waals surface area contributed by atoms with Gasteiger partial charge in [0.05, 0.1) is 25.4 Å². The van der Waals surface area contributed by atoms with Crippen LogP contribution in [-0.2, 0) is 14.3 Å². The van der Waals surface area contributed by atoms with Gasteiger partial charge in [0.15, 0.2) is 0 Å². The molecule has 0 saturated carbocycles. The molecule has 0 spiro atoms. The fourth-order valence-electron chi connectivity index (χ4n) is 9.67. The third kappa shape index (κ3) is 57.1. The van der Waals surface area contributed by atoms with Gasteiger partial charge in [-0.2, -0.15) is 0 Å². The van der Waals surface area contributed by atoms with Crippen LogP contribution in [0.2, 0.25) is 0 Å². The summed E-state index contributed by atoms with van der Waals surface area (Å²) in [5.74, 6) is -0.0746. The number of unbranched alkanes of at least 4 members (excludes halogenated alkanes) is 42. The van der Waals surface area contributed by atoms with Gasteiger partial charge in [-0.15, -0.1) is 0 Å². The Hall–Kier alpha value is -2.18. The number of carbonyl (C=O) groups excluding carboxylic acids is 2. The van der Waals surface area contributed by atoms with E-state index in [1.165, 1.54) is 257 Å². The second-order valence-electron chi connectivity index (χ2n) is 21.7. The van der Waals surface area contributed by atoms with Crippen LogP contribution in [0.25, 0.3) is 0 Å². The maximum Gasteiger partial charge on any atom is 0.305 e. The monoisotopic (exact) mass is 1010 g/mol. The van der Waals surface area contributed by atoms with E-state index in [2.05, 4.69) is 55.6 Å². The van der Waals surface area contributed by atoms with Gasteiger partial charge in [-0.05, 0) is 83.5 Å². The molecule has 0 aliphatic heterocycles. The predicted molar refractivity (Wildman–Crippen MR) is 315 cm³/mol. The first-order chi connectivity index (χ1) is 35.5. The number of ether oxygens (including phenoxy) is 1. The Morgan fingerprint density at radius 2 is 0.722 bits per heavy atom. The summed E-state index contributed by atoms with van der Waals surface area (Å²) < 4.78 is 5.47. The number of allylic oxidation sites excluding steroid dienone is 7. The fraction of sp³-hybridized carbons (Fsp3) is 0.848. The van der Waals surface area contributed by atoms with E-state index in [0.717, 1.165) is 51.4 Å². The first-order valence-electron chi connectivity index (χ1n) is 31.9. The molecule has 0 heterocycles. The third-order valence-electron chi connectivity index (χ3n) is 14.5. The van der Waals surface area contributed by atoms with Gasteiger partial charge in [0, 0.05) is 12.8 Å². The second-order valence-corrected chi connectivity index (χ2v) is 21.7. The molecule has 0 aliphatic carbocycles. The molecule has 0 saturated heterocycles. The quantitative estimate of drug-likeness (QED) is 0.0320. The highest BCUT2D eigenvalue weighted by atomic mass is 16.5. The van der Waals surface area contributed by atoms with Gasteiger partial charge in [0.1, 0.15) is 0 Å².